The molecule has 10 heteroatoms. The molecule has 2 amide bonds. The van der Waals surface area contributed by atoms with Gasteiger partial charge in [0.1, 0.15) is 6.04 Å². The number of nitrogens with zero attached hydrogens (tertiary/aromatic N) is 1. The number of amides is 2. The van der Waals surface area contributed by atoms with Crippen molar-refractivity contribution in [2.75, 3.05) is 25.6 Å². The zero-order valence-electron chi connectivity index (χ0n) is 13.8. The molecule has 1 aromatic rings. The van der Waals surface area contributed by atoms with Crippen molar-refractivity contribution >= 4 is 29.9 Å². The molecule has 0 aromatic heterocycles. The molecule has 6 nitrogen and oxygen atoms in total. The van der Waals surface area contributed by atoms with Crippen LogP contribution in [0, 0.1) is 0 Å². The van der Waals surface area contributed by atoms with E-state index in [2.05, 4.69) is 5.32 Å². The third kappa shape index (κ3) is 7.29. The van der Waals surface area contributed by atoms with Crippen molar-refractivity contribution in [3.05, 3.63) is 29.8 Å². The predicted molar refractivity (Wildman–Crippen MR) is 89.3 cm³/mol. The Kier molecular flexibility index (Phi) is 9.47. The highest BCUT2D eigenvalue weighted by atomic mass is 35.5. The third-order valence-corrected chi connectivity index (χ3v) is 3.16. The van der Waals surface area contributed by atoms with Crippen LogP contribution >= 0.6 is 12.4 Å². The summed E-state index contributed by atoms with van der Waals surface area (Å²) in [5, 5.41) is 2.55. The van der Waals surface area contributed by atoms with Gasteiger partial charge in [-0.15, -0.1) is 12.4 Å². The summed E-state index contributed by atoms with van der Waals surface area (Å²) in [6, 6.07) is 5.33. The van der Waals surface area contributed by atoms with E-state index >= 15 is 0 Å². The van der Waals surface area contributed by atoms with Gasteiger partial charge in [0.05, 0.1) is 6.61 Å². The van der Waals surface area contributed by atoms with Gasteiger partial charge in [-0.3, -0.25) is 9.59 Å². The minimum absolute atomic E-state index is 0. The number of alkyl halides is 3. The zero-order valence-corrected chi connectivity index (χ0v) is 14.6. The minimum atomic E-state index is -4.92. The molecule has 1 rings (SSSR count). The van der Waals surface area contributed by atoms with E-state index in [1.165, 1.54) is 20.1 Å². The van der Waals surface area contributed by atoms with Crippen molar-refractivity contribution in [3.63, 3.8) is 0 Å². The Morgan fingerprint density at radius 3 is 2.52 bits per heavy atom. The molecule has 3 N–H and O–H groups in total. The standard InChI is InChI=1S/C15H20F3N3O3.ClH/c1-3-21(14(23)15(16,17)18)8-10-5-4-6-11(7-10)20-13(22)12(19)9-24-2;/h4-7,12H,3,8-9,19H2,1-2H3,(H,20,22);1H. The van der Waals surface area contributed by atoms with Gasteiger partial charge in [0.25, 0.3) is 0 Å². The van der Waals surface area contributed by atoms with Gasteiger partial charge in [-0.25, -0.2) is 0 Å². The van der Waals surface area contributed by atoms with Crippen molar-refractivity contribution in [3.8, 4) is 0 Å². The highest BCUT2D eigenvalue weighted by Crippen LogP contribution is 2.20. The number of nitrogens with two attached hydrogens (primary N) is 1. The minimum Gasteiger partial charge on any atom is -0.383 e. The number of hydrogen-bond donors (Lipinski definition) is 2. The third-order valence-electron chi connectivity index (χ3n) is 3.16. The van der Waals surface area contributed by atoms with Gasteiger partial charge in [0.2, 0.25) is 5.91 Å². The molecular weight excluding hydrogens is 363 g/mol. The maximum atomic E-state index is 12.5. The molecule has 0 aliphatic heterocycles. The Labute approximate surface area is 149 Å². The summed E-state index contributed by atoms with van der Waals surface area (Å²) >= 11 is 0. The fourth-order valence-electron chi connectivity index (χ4n) is 1.96. The van der Waals surface area contributed by atoms with E-state index in [1.807, 2.05) is 0 Å². The second kappa shape index (κ2) is 10.2. The molecule has 0 fully saturated rings. The molecule has 0 aliphatic rings. The molecule has 0 heterocycles. The number of rotatable bonds is 7. The van der Waals surface area contributed by atoms with Crippen molar-refractivity contribution in [2.24, 2.45) is 5.73 Å². The van der Waals surface area contributed by atoms with Crippen molar-refractivity contribution < 1.29 is 27.5 Å². The molecule has 1 unspecified atom stereocenters. The Morgan fingerprint density at radius 2 is 2.00 bits per heavy atom. The molecule has 0 saturated heterocycles. The van der Waals surface area contributed by atoms with E-state index in [9.17, 15) is 22.8 Å². The summed E-state index contributed by atoms with van der Waals surface area (Å²) in [7, 11) is 1.41. The van der Waals surface area contributed by atoms with Gasteiger partial charge in [0.15, 0.2) is 0 Å². The van der Waals surface area contributed by atoms with Crippen LogP contribution in [0.3, 0.4) is 0 Å². The number of carbonyl (C=O) groups excluding carboxylic acids is 2. The van der Waals surface area contributed by atoms with Crippen LogP contribution in [0.1, 0.15) is 12.5 Å². The molecule has 1 atom stereocenters. The quantitative estimate of drug-likeness (QED) is 0.753. The van der Waals surface area contributed by atoms with E-state index in [1.54, 1.807) is 18.2 Å². The first-order valence-corrected chi connectivity index (χ1v) is 7.19. The average Bonchev–Trinajstić information content (AvgIpc) is 2.51. The summed E-state index contributed by atoms with van der Waals surface area (Å²) in [5.41, 5.74) is 6.41. The predicted octanol–water partition coefficient (Wildman–Crippen LogP) is 1.93. The van der Waals surface area contributed by atoms with Crippen LogP contribution in [0.15, 0.2) is 24.3 Å². The largest absolute Gasteiger partial charge is 0.471 e. The van der Waals surface area contributed by atoms with Gasteiger partial charge in [-0.1, -0.05) is 12.1 Å². The normalized spacial score (nSPS) is 12.1. The van der Waals surface area contributed by atoms with Crippen molar-refractivity contribution in [1.82, 2.24) is 4.90 Å². The lowest BCUT2D eigenvalue weighted by Gasteiger charge is -2.22. The number of nitrogens with one attached hydrogen (secondary N) is 1. The lowest BCUT2D eigenvalue weighted by atomic mass is 10.1. The highest BCUT2D eigenvalue weighted by molar-refractivity contribution is 5.94. The van der Waals surface area contributed by atoms with Crippen LogP contribution in [0.4, 0.5) is 18.9 Å². The van der Waals surface area contributed by atoms with Crippen LogP contribution in [-0.4, -0.2) is 49.2 Å². The smallest absolute Gasteiger partial charge is 0.383 e. The Balaban J connectivity index is 0.00000576. The lowest BCUT2D eigenvalue weighted by Crippen LogP contribution is -2.40. The molecule has 0 bridgehead atoms. The topological polar surface area (TPSA) is 84.7 Å². The first-order chi connectivity index (χ1) is 11.2. The molecule has 0 aliphatic carbocycles. The van der Waals surface area contributed by atoms with E-state index < -0.39 is 24.0 Å². The second-order valence-electron chi connectivity index (χ2n) is 5.07. The first kappa shape index (κ1) is 23.2. The number of carbonyl (C=O) groups is 2. The Morgan fingerprint density at radius 1 is 1.36 bits per heavy atom. The zero-order chi connectivity index (χ0) is 18.3. The number of anilines is 1. The van der Waals surface area contributed by atoms with E-state index in [-0.39, 0.29) is 32.1 Å². The number of ether oxygens (including phenoxy) is 1. The molecule has 0 spiro atoms. The lowest BCUT2D eigenvalue weighted by molar-refractivity contribution is -0.185. The number of halogens is 4. The van der Waals surface area contributed by atoms with Gasteiger partial charge in [-0.2, -0.15) is 13.2 Å². The fourth-order valence-corrected chi connectivity index (χ4v) is 1.96. The summed E-state index contributed by atoms with van der Waals surface area (Å²) in [6.45, 7) is 1.19. The summed E-state index contributed by atoms with van der Waals surface area (Å²) < 4.78 is 42.4. The van der Waals surface area contributed by atoms with Crippen LogP contribution in [0.5, 0.6) is 0 Å². The second-order valence-corrected chi connectivity index (χ2v) is 5.07. The molecule has 25 heavy (non-hydrogen) atoms. The Bertz CT molecular complexity index is 585. The molecule has 142 valence electrons. The average molecular weight is 384 g/mol. The van der Waals surface area contributed by atoms with E-state index in [4.69, 9.17) is 10.5 Å². The van der Waals surface area contributed by atoms with E-state index in [0.717, 1.165) is 0 Å². The van der Waals surface area contributed by atoms with Gasteiger partial charge in [-0.05, 0) is 24.6 Å². The number of hydrogen-bond acceptors (Lipinski definition) is 4. The summed E-state index contributed by atoms with van der Waals surface area (Å²) in [5.74, 6) is -2.38. The monoisotopic (exact) mass is 383 g/mol. The summed E-state index contributed by atoms with van der Waals surface area (Å²) in [4.78, 5) is 23.8. The van der Waals surface area contributed by atoms with Gasteiger partial charge < -0.3 is 20.7 Å². The highest BCUT2D eigenvalue weighted by Gasteiger charge is 2.41. The number of benzene rings is 1. The fraction of sp³-hybridized carbons (Fsp3) is 0.467. The van der Waals surface area contributed by atoms with Crippen molar-refractivity contribution in [1.29, 1.82) is 0 Å². The molecule has 1 aromatic carbocycles. The van der Waals surface area contributed by atoms with Crippen LogP contribution < -0.4 is 11.1 Å². The SMILES string of the molecule is CCN(Cc1cccc(NC(=O)C(N)COC)c1)C(=O)C(F)(F)F.Cl. The van der Waals surface area contributed by atoms with Crippen LogP contribution in [0.25, 0.3) is 0 Å². The molecule has 0 saturated carbocycles. The first-order valence-electron chi connectivity index (χ1n) is 7.19. The van der Waals surface area contributed by atoms with Gasteiger partial charge in [0, 0.05) is 25.9 Å². The molecular formula is C15H21ClF3N3O3. The van der Waals surface area contributed by atoms with Crippen LogP contribution in [-0.2, 0) is 20.9 Å². The number of methoxy groups -OCH3 is 1. The van der Waals surface area contributed by atoms with E-state index in [0.29, 0.717) is 16.2 Å². The van der Waals surface area contributed by atoms with Gasteiger partial charge >= 0.3 is 12.1 Å². The Hall–Kier alpha value is -1.84. The summed E-state index contributed by atoms with van der Waals surface area (Å²) in [6.07, 6.45) is -4.92. The van der Waals surface area contributed by atoms with Crippen LogP contribution in [0.2, 0.25) is 0 Å². The van der Waals surface area contributed by atoms with Crippen molar-refractivity contribution in [2.45, 2.75) is 25.7 Å². The molecule has 0 radical (unpaired) electrons. The maximum absolute atomic E-state index is 12.5. The maximum Gasteiger partial charge on any atom is 0.471 e.